The van der Waals surface area contributed by atoms with Crippen molar-refractivity contribution in [3.05, 3.63) is 63.4 Å². The van der Waals surface area contributed by atoms with Gasteiger partial charge in [-0.05, 0) is 24.3 Å². The molecule has 104 valence electrons. The fraction of sp³-hybridized carbons (Fsp3) is 0.0714. The van der Waals surface area contributed by atoms with Crippen LogP contribution >= 0.6 is 35.4 Å². The summed E-state index contributed by atoms with van der Waals surface area (Å²) >= 11 is 16.6. The van der Waals surface area contributed by atoms with Crippen LogP contribution in [0.4, 0.5) is 4.39 Å². The lowest BCUT2D eigenvalue weighted by atomic mass is 10.2. The lowest BCUT2D eigenvalue weighted by Gasteiger charge is -2.09. The SMILES string of the molecule is NC(=S)c1ccc(OCc2cccc(Cl)c2F)cc1Cl. The zero-order valence-electron chi connectivity index (χ0n) is 10.2. The molecule has 0 saturated carbocycles. The van der Waals surface area contributed by atoms with Gasteiger partial charge in [-0.1, -0.05) is 47.6 Å². The molecular formula is C14H10Cl2FNOS. The fourth-order valence-corrected chi connectivity index (χ4v) is 2.31. The molecule has 2 N–H and O–H groups in total. The molecule has 0 spiro atoms. The van der Waals surface area contributed by atoms with E-state index in [0.29, 0.717) is 21.9 Å². The lowest BCUT2D eigenvalue weighted by molar-refractivity contribution is 0.300. The van der Waals surface area contributed by atoms with E-state index in [4.69, 9.17) is 45.9 Å². The first-order valence-corrected chi connectivity index (χ1v) is 6.80. The van der Waals surface area contributed by atoms with E-state index < -0.39 is 5.82 Å². The molecule has 0 atom stereocenters. The Bertz CT molecular complexity index is 664. The summed E-state index contributed by atoms with van der Waals surface area (Å²) in [4.78, 5) is 0.211. The zero-order chi connectivity index (χ0) is 14.7. The van der Waals surface area contributed by atoms with Crippen molar-refractivity contribution in [3.63, 3.8) is 0 Å². The van der Waals surface area contributed by atoms with Gasteiger partial charge in [0.2, 0.25) is 0 Å². The third-order valence-corrected chi connectivity index (χ3v) is 3.46. The second kappa shape index (κ2) is 6.39. The first kappa shape index (κ1) is 15.0. The molecule has 0 aliphatic heterocycles. The van der Waals surface area contributed by atoms with E-state index in [1.54, 1.807) is 30.3 Å². The Labute approximate surface area is 131 Å². The average Bonchev–Trinajstić information content (AvgIpc) is 2.40. The van der Waals surface area contributed by atoms with Crippen molar-refractivity contribution in [1.29, 1.82) is 0 Å². The van der Waals surface area contributed by atoms with Crippen molar-refractivity contribution in [3.8, 4) is 5.75 Å². The smallest absolute Gasteiger partial charge is 0.148 e. The second-order valence-corrected chi connectivity index (χ2v) is 5.26. The van der Waals surface area contributed by atoms with Crippen LogP contribution in [0.3, 0.4) is 0 Å². The third-order valence-electron chi connectivity index (χ3n) is 2.63. The van der Waals surface area contributed by atoms with E-state index in [2.05, 4.69) is 0 Å². The van der Waals surface area contributed by atoms with Gasteiger partial charge in [0.15, 0.2) is 0 Å². The first-order valence-electron chi connectivity index (χ1n) is 5.64. The molecule has 0 amide bonds. The first-order chi connectivity index (χ1) is 9.49. The summed E-state index contributed by atoms with van der Waals surface area (Å²) < 4.78 is 19.2. The summed E-state index contributed by atoms with van der Waals surface area (Å²) in [5, 5.41) is 0.453. The molecule has 0 heterocycles. The zero-order valence-corrected chi connectivity index (χ0v) is 12.5. The van der Waals surface area contributed by atoms with E-state index in [1.807, 2.05) is 0 Å². The van der Waals surface area contributed by atoms with Gasteiger partial charge in [0, 0.05) is 11.1 Å². The largest absolute Gasteiger partial charge is 0.489 e. The topological polar surface area (TPSA) is 35.2 Å². The van der Waals surface area contributed by atoms with Gasteiger partial charge in [0.25, 0.3) is 0 Å². The summed E-state index contributed by atoms with van der Waals surface area (Å²) in [6.45, 7) is 0.0507. The standard InChI is InChI=1S/C14H10Cl2FNOS/c15-11-3-1-2-8(13(11)17)7-19-9-4-5-10(14(18)20)12(16)6-9/h1-6H,7H2,(H2,18,20). The van der Waals surface area contributed by atoms with Gasteiger partial charge in [0.05, 0.1) is 10.0 Å². The fourth-order valence-electron chi connectivity index (χ4n) is 1.61. The predicted molar refractivity (Wildman–Crippen MR) is 83.1 cm³/mol. The minimum Gasteiger partial charge on any atom is -0.489 e. The van der Waals surface area contributed by atoms with Crippen LogP contribution < -0.4 is 10.5 Å². The predicted octanol–water partition coefficient (Wildman–Crippen LogP) is 4.35. The summed E-state index contributed by atoms with van der Waals surface area (Å²) in [6.07, 6.45) is 0. The molecular weight excluding hydrogens is 320 g/mol. The van der Waals surface area contributed by atoms with Crippen LogP contribution in [0, 0.1) is 5.82 Å². The maximum atomic E-state index is 13.7. The highest BCUT2D eigenvalue weighted by atomic mass is 35.5. The molecule has 2 aromatic carbocycles. The number of hydrogen-bond acceptors (Lipinski definition) is 2. The number of ether oxygens (including phenoxy) is 1. The van der Waals surface area contributed by atoms with E-state index in [-0.39, 0.29) is 16.6 Å². The Morgan fingerprint density at radius 2 is 1.95 bits per heavy atom. The van der Waals surface area contributed by atoms with E-state index >= 15 is 0 Å². The molecule has 0 radical (unpaired) electrons. The van der Waals surface area contributed by atoms with E-state index in [9.17, 15) is 4.39 Å². The molecule has 0 aliphatic carbocycles. The molecule has 2 nitrogen and oxygen atoms in total. The highest BCUT2D eigenvalue weighted by molar-refractivity contribution is 7.80. The Balaban J connectivity index is 2.13. The summed E-state index contributed by atoms with van der Waals surface area (Å²) in [5.74, 6) is 0.00870. The number of thiocarbonyl (C=S) groups is 1. The minimum absolute atomic E-state index is 0.0507. The molecule has 2 rings (SSSR count). The number of benzene rings is 2. The summed E-state index contributed by atoms with van der Waals surface area (Å²) in [7, 11) is 0. The quantitative estimate of drug-likeness (QED) is 0.847. The molecule has 0 aliphatic rings. The molecule has 0 fully saturated rings. The highest BCUT2D eigenvalue weighted by Gasteiger charge is 2.08. The van der Waals surface area contributed by atoms with Crippen molar-refractivity contribution in [2.24, 2.45) is 5.73 Å². The molecule has 6 heteroatoms. The van der Waals surface area contributed by atoms with Crippen LogP contribution in [0.2, 0.25) is 10.0 Å². The average molecular weight is 330 g/mol. The molecule has 0 saturated heterocycles. The molecule has 0 aromatic heterocycles. The van der Waals surface area contributed by atoms with Gasteiger partial charge >= 0.3 is 0 Å². The van der Waals surface area contributed by atoms with Gasteiger partial charge in [-0.2, -0.15) is 0 Å². The van der Waals surface area contributed by atoms with Crippen LogP contribution in [-0.2, 0) is 6.61 Å². The number of nitrogens with two attached hydrogens (primary N) is 1. The van der Waals surface area contributed by atoms with Crippen LogP contribution in [0.15, 0.2) is 36.4 Å². The van der Waals surface area contributed by atoms with Crippen molar-refractivity contribution in [2.45, 2.75) is 6.61 Å². The summed E-state index contributed by atoms with van der Waals surface area (Å²) in [6, 6.07) is 9.66. The van der Waals surface area contributed by atoms with Gasteiger partial charge in [-0.25, -0.2) is 4.39 Å². The maximum absolute atomic E-state index is 13.7. The van der Waals surface area contributed by atoms with Gasteiger partial charge in [-0.15, -0.1) is 0 Å². The van der Waals surface area contributed by atoms with Crippen LogP contribution in [0.1, 0.15) is 11.1 Å². The van der Waals surface area contributed by atoms with E-state index in [1.165, 1.54) is 6.07 Å². The van der Waals surface area contributed by atoms with Crippen LogP contribution in [0.5, 0.6) is 5.75 Å². The van der Waals surface area contributed by atoms with Crippen molar-refractivity contribution < 1.29 is 9.13 Å². The number of halogens is 3. The van der Waals surface area contributed by atoms with Crippen molar-refractivity contribution in [2.75, 3.05) is 0 Å². The molecule has 0 unspecified atom stereocenters. The third kappa shape index (κ3) is 3.39. The molecule has 2 aromatic rings. The number of hydrogen-bond donors (Lipinski definition) is 1. The number of rotatable bonds is 4. The van der Waals surface area contributed by atoms with Crippen LogP contribution in [0.25, 0.3) is 0 Å². The normalized spacial score (nSPS) is 10.3. The Morgan fingerprint density at radius 3 is 2.60 bits per heavy atom. The lowest BCUT2D eigenvalue weighted by Crippen LogP contribution is -2.10. The second-order valence-electron chi connectivity index (χ2n) is 4.01. The van der Waals surface area contributed by atoms with Crippen molar-refractivity contribution in [1.82, 2.24) is 0 Å². The van der Waals surface area contributed by atoms with Crippen LogP contribution in [-0.4, -0.2) is 4.99 Å². The van der Waals surface area contributed by atoms with Gasteiger partial charge in [0.1, 0.15) is 23.2 Å². The van der Waals surface area contributed by atoms with Crippen molar-refractivity contribution >= 4 is 40.4 Å². The Kier molecular flexibility index (Phi) is 4.81. The Hall–Kier alpha value is -1.36. The van der Waals surface area contributed by atoms with Gasteiger partial charge in [-0.3, -0.25) is 0 Å². The van der Waals surface area contributed by atoms with Gasteiger partial charge < -0.3 is 10.5 Å². The van der Waals surface area contributed by atoms with E-state index in [0.717, 1.165) is 0 Å². The summed E-state index contributed by atoms with van der Waals surface area (Å²) in [5.41, 5.74) is 6.45. The highest BCUT2D eigenvalue weighted by Crippen LogP contribution is 2.24. The Morgan fingerprint density at radius 1 is 1.20 bits per heavy atom. The molecule has 0 bridgehead atoms. The minimum atomic E-state index is -0.486. The monoisotopic (exact) mass is 329 g/mol. The molecule has 20 heavy (non-hydrogen) atoms. The maximum Gasteiger partial charge on any atom is 0.148 e.